The second kappa shape index (κ2) is 4.90. The standard InChI is InChI=1S/C12H11O3S/c1-13-10-4-3-5-11(14-2)12(10)15-9-6-7-16-8-9/h3-6,8H,1-2H3. The summed E-state index contributed by atoms with van der Waals surface area (Å²) in [5.41, 5.74) is 0. The summed E-state index contributed by atoms with van der Waals surface area (Å²) >= 11 is 1.45. The minimum Gasteiger partial charge on any atom is -0.493 e. The lowest BCUT2D eigenvalue weighted by atomic mass is 10.3. The van der Waals surface area contributed by atoms with Crippen LogP contribution in [0.1, 0.15) is 0 Å². The number of para-hydroxylation sites is 1. The molecule has 0 atom stereocenters. The Hall–Kier alpha value is -1.68. The molecule has 0 aliphatic rings. The van der Waals surface area contributed by atoms with Gasteiger partial charge in [0.25, 0.3) is 0 Å². The van der Waals surface area contributed by atoms with Gasteiger partial charge in [-0.2, -0.15) is 0 Å². The van der Waals surface area contributed by atoms with Gasteiger partial charge in [-0.1, -0.05) is 6.07 Å². The smallest absolute Gasteiger partial charge is 0.211 e. The zero-order valence-corrected chi connectivity index (χ0v) is 9.84. The molecule has 0 fully saturated rings. The highest BCUT2D eigenvalue weighted by molar-refractivity contribution is 7.07. The van der Waals surface area contributed by atoms with E-state index in [1.807, 2.05) is 23.6 Å². The van der Waals surface area contributed by atoms with Crippen molar-refractivity contribution in [2.24, 2.45) is 0 Å². The van der Waals surface area contributed by atoms with Gasteiger partial charge in [-0.15, -0.1) is 11.3 Å². The molecule has 4 heteroatoms. The van der Waals surface area contributed by atoms with E-state index in [4.69, 9.17) is 14.2 Å². The van der Waals surface area contributed by atoms with Crippen LogP contribution < -0.4 is 14.2 Å². The summed E-state index contributed by atoms with van der Waals surface area (Å²) in [5, 5.41) is 4.83. The molecule has 0 N–H and O–H groups in total. The maximum absolute atomic E-state index is 5.69. The highest BCUT2D eigenvalue weighted by atomic mass is 32.1. The van der Waals surface area contributed by atoms with Crippen LogP contribution in [0, 0.1) is 5.38 Å². The summed E-state index contributed by atoms with van der Waals surface area (Å²) in [7, 11) is 3.20. The molecule has 1 radical (unpaired) electrons. The van der Waals surface area contributed by atoms with E-state index in [1.165, 1.54) is 11.3 Å². The molecular formula is C12H11O3S. The van der Waals surface area contributed by atoms with Crippen molar-refractivity contribution in [3.05, 3.63) is 35.0 Å². The predicted octanol–water partition coefficient (Wildman–Crippen LogP) is 3.36. The number of rotatable bonds is 4. The van der Waals surface area contributed by atoms with Crippen molar-refractivity contribution in [1.82, 2.24) is 0 Å². The van der Waals surface area contributed by atoms with Crippen molar-refractivity contribution >= 4 is 11.3 Å². The average Bonchev–Trinajstić information content (AvgIpc) is 2.82. The van der Waals surface area contributed by atoms with Gasteiger partial charge in [-0.05, 0) is 12.1 Å². The van der Waals surface area contributed by atoms with E-state index in [0.717, 1.165) is 5.75 Å². The molecular weight excluding hydrogens is 224 g/mol. The summed E-state index contributed by atoms with van der Waals surface area (Å²) in [5.74, 6) is 2.60. The third kappa shape index (κ3) is 2.12. The van der Waals surface area contributed by atoms with E-state index in [0.29, 0.717) is 17.2 Å². The minimum atomic E-state index is 0.583. The zero-order valence-electron chi connectivity index (χ0n) is 9.02. The van der Waals surface area contributed by atoms with Gasteiger partial charge in [-0.25, -0.2) is 0 Å². The average molecular weight is 235 g/mol. The predicted molar refractivity (Wildman–Crippen MR) is 62.8 cm³/mol. The van der Waals surface area contributed by atoms with Crippen LogP contribution in [-0.2, 0) is 0 Å². The Morgan fingerprint density at radius 1 is 1.12 bits per heavy atom. The fourth-order valence-corrected chi connectivity index (χ4v) is 1.79. The number of hydrogen-bond donors (Lipinski definition) is 0. The monoisotopic (exact) mass is 235 g/mol. The van der Waals surface area contributed by atoms with Crippen LogP contribution in [0.25, 0.3) is 0 Å². The molecule has 0 aliphatic heterocycles. The molecule has 3 nitrogen and oxygen atoms in total. The molecule has 2 rings (SSSR count). The molecule has 0 saturated heterocycles. The lowest BCUT2D eigenvalue weighted by Crippen LogP contribution is -1.93. The quantitative estimate of drug-likeness (QED) is 0.813. The molecule has 1 aromatic carbocycles. The van der Waals surface area contributed by atoms with Crippen molar-refractivity contribution in [2.75, 3.05) is 14.2 Å². The summed E-state index contributed by atoms with van der Waals surface area (Å²) < 4.78 is 16.1. The maximum atomic E-state index is 5.69. The molecule has 0 spiro atoms. The first-order valence-corrected chi connectivity index (χ1v) is 5.56. The van der Waals surface area contributed by atoms with Crippen LogP contribution >= 0.6 is 11.3 Å². The van der Waals surface area contributed by atoms with E-state index in [2.05, 4.69) is 5.38 Å². The molecule has 1 heterocycles. The van der Waals surface area contributed by atoms with E-state index in [1.54, 1.807) is 20.3 Å². The van der Waals surface area contributed by atoms with Gasteiger partial charge in [-0.3, -0.25) is 0 Å². The second-order valence-corrected chi connectivity index (χ2v) is 3.70. The number of thiophene rings is 1. The van der Waals surface area contributed by atoms with Gasteiger partial charge in [0.1, 0.15) is 5.75 Å². The summed E-state index contributed by atoms with van der Waals surface area (Å²) in [6.45, 7) is 0. The van der Waals surface area contributed by atoms with E-state index in [9.17, 15) is 0 Å². The first kappa shape index (κ1) is 10.8. The van der Waals surface area contributed by atoms with Crippen molar-refractivity contribution < 1.29 is 14.2 Å². The van der Waals surface area contributed by atoms with Crippen LogP contribution in [0.15, 0.2) is 29.6 Å². The van der Waals surface area contributed by atoms with Crippen LogP contribution in [0.4, 0.5) is 0 Å². The SMILES string of the molecule is COc1cccc(OC)c1Oc1c[c]sc1. The van der Waals surface area contributed by atoms with Crippen molar-refractivity contribution in [1.29, 1.82) is 0 Å². The molecule has 0 saturated carbocycles. The molecule has 0 unspecified atom stereocenters. The Labute approximate surface area is 98.2 Å². The fraction of sp³-hybridized carbons (Fsp3) is 0.167. The van der Waals surface area contributed by atoms with Crippen LogP contribution in [0.3, 0.4) is 0 Å². The van der Waals surface area contributed by atoms with Crippen LogP contribution in [0.5, 0.6) is 23.0 Å². The van der Waals surface area contributed by atoms with Crippen molar-refractivity contribution in [3.8, 4) is 23.0 Å². The summed E-state index contributed by atoms with van der Waals surface area (Å²) in [6, 6.07) is 7.28. The van der Waals surface area contributed by atoms with E-state index in [-0.39, 0.29) is 0 Å². The third-order valence-corrected chi connectivity index (χ3v) is 2.65. The van der Waals surface area contributed by atoms with Gasteiger partial charge < -0.3 is 14.2 Å². The molecule has 1 aromatic heterocycles. The zero-order chi connectivity index (χ0) is 11.4. The maximum Gasteiger partial charge on any atom is 0.211 e. The van der Waals surface area contributed by atoms with E-state index >= 15 is 0 Å². The molecule has 83 valence electrons. The third-order valence-electron chi connectivity index (χ3n) is 2.05. The summed E-state index contributed by atoms with van der Waals surface area (Å²) in [6.07, 6.45) is 0. The highest BCUT2D eigenvalue weighted by Gasteiger charge is 2.12. The number of hydrogen-bond acceptors (Lipinski definition) is 4. The Bertz CT molecular complexity index is 429. The Kier molecular flexibility index (Phi) is 3.31. The van der Waals surface area contributed by atoms with Gasteiger partial charge in [0, 0.05) is 16.8 Å². The van der Waals surface area contributed by atoms with Crippen LogP contribution in [-0.4, -0.2) is 14.2 Å². The summed E-state index contributed by atoms with van der Waals surface area (Å²) in [4.78, 5) is 0. The second-order valence-electron chi connectivity index (χ2n) is 2.99. The van der Waals surface area contributed by atoms with Crippen molar-refractivity contribution in [3.63, 3.8) is 0 Å². The minimum absolute atomic E-state index is 0.583. The number of benzene rings is 1. The van der Waals surface area contributed by atoms with Gasteiger partial charge in [0.15, 0.2) is 11.5 Å². The van der Waals surface area contributed by atoms with E-state index < -0.39 is 0 Å². The van der Waals surface area contributed by atoms with Gasteiger partial charge in [0.2, 0.25) is 5.75 Å². The lowest BCUT2D eigenvalue weighted by Gasteiger charge is -2.12. The molecule has 16 heavy (non-hydrogen) atoms. The molecule has 0 amide bonds. The Morgan fingerprint density at radius 2 is 1.81 bits per heavy atom. The number of methoxy groups -OCH3 is 2. The fourth-order valence-electron chi connectivity index (χ4n) is 1.31. The molecule has 0 aliphatic carbocycles. The topological polar surface area (TPSA) is 27.7 Å². The lowest BCUT2D eigenvalue weighted by molar-refractivity contribution is 0.347. The normalized spacial score (nSPS) is 9.88. The highest BCUT2D eigenvalue weighted by Crippen LogP contribution is 2.40. The largest absolute Gasteiger partial charge is 0.493 e. The molecule has 2 aromatic rings. The Balaban J connectivity index is 2.37. The van der Waals surface area contributed by atoms with Gasteiger partial charge in [0.05, 0.1) is 14.2 Å². The van der Waals surface area contributed by atoms with Gasteiger partial charge >= 0.3 is 0 Å². The van der Waals surface area contributed by atoms with Crippen LogP contribution in [0.2, 0.25) is 0 Å². The number of ether oxygens (including phenoxy) is 3. The first-order chi connectivity index (χ1) is 7.85. The molecule has 0 bridgehead atoms. The van der Waals surface area contributed by atoms with Crippen molar-refractivity contribution in [2.45, 2.75) is 0 Å². The Morgan fingerprint density at radius 3 is 2.31 bits per heavy atom. The first-order valence-electron chi connectivity index (χ1n) is 4.68.